The fourth-order valence-electron chi connectivity index (χ4n) is 4.40. The number of anilines is 2. The Morgan fingerprint density at radius 1 is 1.17 bits per heavy atom. The molecule has 0 atom stereocenters. The molecule has 1 fully saturated rings. The van der Waals surface area contributed by atoms with Crippen molar-refractivity contribution in [2.45, 2.75) is 25.3 Å². The molecule has 2 amide bonds. The molecule has 0 spiro atoms. The Balaban J connectivity index is 1.27. The molecule has 9 nitrogen and oxygen atoms in total. The lowest BCUT2D eigenvalue weighted by atomic mass is 9.93. The Bertz CT molecular complexity index is 1320. The highest BCUT2D eigenvalue weighted by molar-refractivity contribution is 6.36. The van der Waals surface area contributed by atoms with Gasteiger partial charge in [0.25, 0.3) is 0 Å². The van der Waals surface area contributed by atoms with Crippen molar-refractivity contribution in [3.63, 3.8) is 0 Å². The Morgan fingerprint density at radius 3 is 2.80 bits per heavy atom. The maximum absolute atomic E-state index is 12.8. The van der Waals surface area contributed by atoms with Crippen LogP contribution in [0.4, 0.5) is 16.3 Å². The first kappa shape index (κ1) is 22.7. The Hall–Kier alpha value is -4.08. The second-order valence-electron chi connectivity index (χ2n) is 8.77. The summed E-state index contributed by atoms with van der Waals surface area (Å²) < 4.78 is 7.10. The fourth-order valence-corrected chi connectivity index (χ4v) is 4.40. The summed E-state index contributed by atoms with van der Waals surface area (Å²) in [4.78, 5) is 23.8. The Kier molecular flexibility index (Phi) is 6.52. The van der Waals surface area contributed by atoms with E-state index < -0.39 is 0 Å². The average molecular weight is 469 g/mol. The number of hydrogen-bond donors (Lipinski definition) is 2. The van der Waals surface area contributed by atoms with Crippen LogP contribution in [0.3, 0.4) is 0 Å². The lowest BCUT2D eigenvalue weighted by Gasteiger charge is -2.32. The van der Waals surface area contributed by atoms with E-state index in [-0.39, 0.29) is 11.9 Å². The number of carbonyl (C=O) groups is 1. The van der Waals surface area contributed by atoms with Crippen LogP contribution in [0.2, 0.25) is 0 Å². The van der Waals surface area contributed by atoms with Crippen molar-refractivity contribution >= 4 is 36.5 Å². The molecular weight excluding hydrogens is 441 g/mol. The van der Waals surface area contributed by atoms with Gasteiger partial charge in [-0.05, 0) is 42.1 Å². The summed E-state index contributed by atoms with van der Waals surface area (Å²) in [6.45, 7) is 1.99. The standard InChI is InChI=1S/C25H28BN7O2/c1-35-20-6-2-5-19(12-20)30-25(34)32-10-7-18(8-11-32)22-13-23(28-15-17-4-3-9-27-14-17)33-24(31-22)21(26)16-29-33/h2-6,9,12-14,16,18,28H,7-8,10-11,15,26H2,1H3,(H,30,34). The van der Waals surface area contributed by atoms with Gasteiger partial charge in [0.2, 0.25) is 0 Å². The number of rotatable bonds is 6. The van der Waals surface area contributed by atoms with Gasteiger partial charge in [-0.3, -0.25) is 4.98 Å². The van der Waals surface area contributed by atoms with Gasteiger partial charge in [-0.2, -0.15) is 9.61 Å². The number of amides is 2. The van der Waals surface area contributed by atoms with E-state index in [0.29, 0.717) is 25.4 Å². The smallest absolute Gasteiger partial charge is 0.321 e. The largest absolute Gasteiger partial charge is 0.497 e. The normalized spacial score (nSPS) is 14.1. The number of likely N-dealkylation sites (tertiary alicyclic amines) is 1. The van der Waals surface area contributed by atoms with Crippen LogP contribution in [0.15, 0.2) is 61.1 Å². The molecule has 178 valence electrons. The molecule has 0 radical (unpaired) electrons. The number of nitrogens with one attached hydrogen (secondary N) is 2. The third kappa shape index (κ3) is 5.06. The number of carbonyl (C=O) groups excluding carboxylic acids is 1. The number of methoxy groups -OCH3 is 1. The number of hydrogen-bond acceptors (Lipinski definition) is 6. The highest BCUT2D eigenvalue weighted by Gasteiger charge is 2.26. The predicted octanol–water partition coefficient (Wildman–Crippen LogP) is 2.41. The van der Waals surface area contributed by atoms with Crippen LogP contribution < -0.4 is 20.8 Å². The van der Waals surface area contributed by atoms with Crippen molar-refractivity contribution in [3.8, 4) is 5.75 Å². The minimum atomic E-state index is -0.0921. The van der Waals surface area contributed by atoms with Gasteiger partial charge in [0.05, 0.1) is 7.11 Å². The summed E-state index contributed by atoms with van der Waals surface area (Å²) in [5, 5.41) is 11.0. The molecule has 4 heterocycles. The van der Waals surface area contributed by atoms with E-state index >= 15 is 0 Å². The van der Waals surface area contributed by atoms with E-state index in [1.165, 1.54) is 0 Å². The number of ether oxygens (including phenoxy) is 1. The topological polar surface area (TPSA) is 96.7 Å². The Labute approximate surface area is 204 Å². The van der Waals surface area contributed by atoms with Gasteiger partial charge in [0.15, 0.2) is 5.65 Å². The van der Waals surface area contributed by atoms with Crippen molar-refractivity contribution < 1.29 is 9.53 Å². The van der Waals surface area contributed by atoms with Crippen LogP contribution in [0, 0.1) is 0 Å². The molecule has 0 unspecified atom stereocenters. The second-order valence-corrected chi connectivity index (χ2v) is 8.77. The van der Waals surface area contributed by atoms with Crippen LogP contribution in [0.25, 0.3) is 5.65 Å². The predicted molar refractivity (Wildman–Crippen MR) is 138 cm³/mol. The van der Waals surface area contributed by atoms with Crippen LogP contribution in [-0.2, 0) is 6.54 Å². The van der Waals surface area contributed by atoms with Crippen LogP contribution in [-0.4, -0.2) is 58.6 Å². The van der Waals surface area contributed by atoms with E-state index in [2.05, 4.69) is 26.8 Å². The molecule has 1 aromatic carbocycles. The summed E-state index contributed by atoms with van der Waals surface area (Å²) in [5.74, 6) is 1.89. The van der Waals surface area contributed by atoms with Gasteiger partial charge in [-0.15, -0.1) is 0 Å². The number of nitrogens with zero attached hydrogens (tertiary/aromatic N) is 5. The molecule has 4 aromatic rings. The van der Waals surface area contributed by atoms with Gasteiger partial charge < -0.3 is 20.3 Å². The summed E-state index contributed by atoms with van der Waals surface area (Å²) in [6, 6.07) is 13.4. The molecule has 0 aliphatic carbocycles. The first-order valence-electron chi connectivity index (χ1n) is 11.8. The number of piperidine rings is 1. The summed E-state index contributed by atoms with van der Waals surface area (Å²) in [5.41, 5.74) is 4.74. The van der Waals surface area contributed by atoms with Crippen molar-refractivity contribution in [1.29, 1.82) is 0 Å². The molecule has 0 bridgehead atoms. The van der Waals surface area contributed by atoms with Gasteiger partial charge in [0.1, 0.15) is 19.4 Å². The number of benzene rings is 1. The summed E-state index contributed by atoms with van der Waals surface area (Å²) in [7, 11) is 3.64. The minimum absolute atomic E-state index is 0.0921. The van der Waals surface area contributed by atoms with Crippen LogP contribution in [0.5, 0.6) is 5.75 Å². The summed E-state index contributed by atoms with van der Waals surface area (Å²) in [6.07, 6.45) is 7.17. The fraction of sp³-hybridized carbons (Fsp3) is 0.280. The molecule has 1 saturated heterocycles. The number of aromatic nitrogens is 4. The lowest BCUT2D eigenvalue weighted by molar-refractivity contribution is 0.194. The molecule has 0 saturated carbocycles. The highest BCUT2D eigenvalue weighted by Crippen LogP contribution is 2.29. The minimum Gasteiger partial charge on any atom is -0.497 e. The van der Waals surface area contributed by atoms with E-state index in [1.54, 1.807) is 13.3 Å². The monoisotopic (exact) mass is 469 g/mol. The van der Waals surface area contributed by atoms with E-state index in [9.17, 15) is 4.79 Å². The van der Waals surface area contributed by atoms with Gasteiger partial charge in [0, 0.05) is 67.7 Å². The highest BCUT2D eigenvalue weighted by atomic mass is 16.5. The third-order valence-electron chi connectivity index (χ3n) is 6.39. The first-order valence-corrected chi connectivity index (χ1v) is 11.8. The SMILES string of the molecule is Bc1cnn2c(NCc3cccnc3)cc(C3CCN(C(=O)Nc4cccc(OC)c4)CC3)nc12. The molecule has 5 rings (SSSR count). The molecule has 2 N–H and O–H groups in total. The molecular formula is C25H28BN7O2. The second kappa shape index (κ2) is 10.0. The molecule has 10 heteroatoms. The number of pyridine rings is 1. The first-order chi connectivity index (χ1) is 17.1. The van der Waals surface area contributed by atoms with E-state index in [1.807, 2.05) is 66.1 Å². The quantitative estimate of drug-likeness (QED) is 0.421. The zero-order valence-corrected chi connectivity index (χ0v) is 19.9. The number of fused-ring (bicyclic) bond motifs is 1. The lowest BCUT2D eigenvalue weighted by Crippen LogP contribution is -2.40. The van der Waals surface area contributed by atoms with Gasteiger partial charge >= 0.3 is 6.03 Å². The number of urea groups is 1. The zero-order chi connectivity index (χ0) is 24.2. The van der Waals surface area contributed by atoms with E-state index in [4.69, 9.17) is 9.72 Å². The average Bonchev–Trinajstić information content (AvgIpc) is 3.28. The molecule has 3 aromatic heterocycles. The van der Waals surface area contributed by atoms with Crippen molar-refractivity contribution in [2.75, 3.05) is 30.8 Å². The van der Waals surface area contributed by atoms with Crippen LogP contribution >= 0.6 is 0 Å². The maximum Gasteiger partial charge on any atom is 0.321 e. The van der Waals surface area contributed by atoms with Crippen molar-refractivity contribution in [1.82, 2.24) is 24.5 Å². The zero-order valence-electron chi connectivity index (χ0n) is 19.9. The summed E-state index contributed by atoms with van der Waals surface area (Å²) >= 11 is 0. The van der Waals surface area contributed by atoms with Gasteiger partial charge in [-0.1, -0.05) is 12.1 Å². The van der Waals surface area contributed by atoms with Crippen LogP contribution in [0.1, 0.15) is 30.0 Å². The third-order valence-corrected chi connectivity index (χ3v) is 6.39. The molecule has 1 aliphatic heterocycles. The Morgan fingerprint density at radius 2 is 2.03 bits per heavy atom. The van der Waals surface area contributed by atoms with Crippen molar-refractivity contribution in [3.05, 3.63) is 72.3 Å². The molecule has 35 heavy (non-hydrogen) atoms. The van der Waals surface area contributed by atoms with E-state index in [0.717, 1.165) is 46.7 Å². The van der Waals surface area contributed by atoms with Gasteiger partial charge in [-0.25, -0.2) is 9.78 Å². The molecule has 1 aliphatic rings. The maximum atomic E-state index is 12.8. The van der Waals surface area contributed by atoms with Crippen molar-refractivity contribution in [2.24, 2.45) is 0 Å².